The number of nitrogens with zero attached hydrogens (tertiary/aromatic N) is 1. The van der Waals surface area contributed by atoms with Crippen LogP contribution < -0.4 is 10.2 Å². The Morgan fingerprint density at radius 2 is 1.64 bits per heavy atom. The van der Waals surface area contributed by atoms with E-state index in [1.54, 1.807) is 24.3 Å². The van der Waals surface area contributed by atoms with Crippen LogP contribution in [0.1, 0.15) is 41.6 Å². The molecule has 130 valence electrons. The molecule has 0 aliphatic heterocycles. The molecule has 0 atom stereocenters. The Morgan fingerprint density at radius 3 is 2.24 bits per heavy atom. The lowest BCUT2D eigenvalue weighted by Gasteiger charge is -2.29. The number of hydrogen-bond acceptors (Lipinski definition) is 2. The summed E-state index contributed by atoms with van der Waals surface area (Å²) < 4.78 is 0. The fourth-order valence-electron chi connectivity index (χ4n) is 3.27. The topological polar surface area (TPSA) is 69.6 Å². The van der Waals surface area contributed by atoms with Crippen LogP contribution in [-0.4, -0.2) is 23.1 Å². The van der Waals surface area contributed by atoms with Gasteiger partial charge in [0.25, 0.3) is 0 Å². The van der Waals surface area contributed by atoms with Gasteiger partial charge in [-0.25, -0.2) is 9.59 Å². The van der Waals surface area contributed by atoms with Gasteiger partial charge in [-0.1, -0.05) is 43.2 Å². The van der Waals surface area contributed by atoms with E-state index in [9.17, 15) is 9.59 Å². The number of benzene rings is 2. The van der Waals surface area contributed by atoms with Crippen LogP contribution in [-0.2, 0) is 6.54 Å². The lowest BCUT2D eigenvalue weighted by Crippen LogP contribution is -2.45. The van der Waals surface area contributed by atoms with Crippen molar-refractivity contribution in [3.8, 4) is 0 Å². The molecule has 0 saturated heterocycles. The van der Waals surface area contributed by atoms with E-state index in [2.05, 4.69) is 5.32 Å². The zero-order chi connectivity index (χ0) is 17.6. The summed E-state index contributed by atoms with van der Waals surface area (Å²) in [6, 6.07) is 16.4. The summed E-state index contributed by atoms with van der Waals surface area (Å²) in [5.41, 5.74) is 2.03. The smallest absolute Gasteiger partial charge is 0.335 e. The van der Waals surface area contributed by atoms with E-state index in [-0.39, 0.29) is 17.6 Å². The van der Waals surface area contributed by atoms with Gasteiger partial charge in [0.2, 0.25) is 0 Å². The fraction of sp³-hybridized carbons (Fsp3) is 0.300. The number of carbonyl (C=O) groups is 2. The summed E-state index contributed by atoms with van der Waals surface area (Å²) >= 11 is 0. The molecule has 0 heterocycles. The van der Waals surface area contributed by atoms with Gasteiger partial charge in [-0.15, -0.1) is 0 Å². The normalized spacial score (nSPS) is 14.2. The van der Waals surface area contributed by atoms with E-state index in [1.165, 1.54) is 0 Å². The summed E-state index contributed by atoms with van der Waals surface area (Å²) in [7, 11) is 0. The molecule has 1 aliphatic carbocycles. The lowest BCUT2D eigenvalue weighted by molar-refractivity contribution is 0.0697. The van der Waals surface area contributed by atoms with Crippen molar-refractivity contribution in [2.45, 2.75) is 38.3 Å². The third kappa shape index (κ3) is 4.18. The Bertz CT molecular complexity index is 722. The molecule has 5 nitrogen and oxygen atoms in total. The number of nitrogens with one attached hydrogen (secondary N) is 1. The standard InChI is InChI=1S/C20H22N2O3/c23-19(24)16-12-10-15(11-13-16)14-21-20(25)22(18-8-4-5-9-18)17-6-2-1-3-7-17/h1-3,6-7,10-13,18H,4-5,8-9,14H2,(H,21,25)(H,23,24). The van der Waals surface area contributed by atoms with Gasteiger partial charge in [0.15, 0.2) is 0 Å². The highest BCUT2D eigenvalue weighted by Gasteiger charge is 2.27. The largest absolute Gasteiger partial charge is 0.478 e. The summed E-state index contributed by atoms with van der Waals surface area (Å²) in [5.74, 6) is -0.952. The number of carboxylic acids is 1. The number of hydrogen-bond donors (Lipinski definition) is 2. The van der Waals surface area contributed by atoms with Crippen LogP contribution in [0.4, 0.5) is 10.5 Å². The van der Waals surface area contributed by atoms with Crippen molar-refractivity contribution >= 4 is 17.7 Å². The number of carboxylic acid groups (broad SMARTS) is 1. The van der Waals surface area contributed by atoms with Gasteiger partial charge >= 0.3 is 12.0 Å². The number of amides is 2. The number of anilines is 1. The highest BCUT2D eigenvalue weighted by atomic mass is 16.4. The number of carbonyl (C=O) groups excluding carboxylic acids is 1. The van der Waals surface area contributed by atoms with Crippen molar-refractivity contribution in [1.82, 2.24) is 5.32 Å². The third-order valence-corrected chi connectivity index (χ3v) is 4.59. The molecule has 0 aromatic heterocycles. The average Bonchev–Trinajstić information content (AvgIpc) is 3.15. The summed E-state index contributed by atoms with van der Waals surface area (Å²) in [6.07, 6.45) is 4.35. The van der Waals surface area contributed by atoms with E-state index in [0.717, 1.165) is 36.9 Å². The number of aromatic carboxylic acids is 1. The molecule has 3 rings (SSSR count). The molecule has 2 aromatic rings. The van der Waals surface area contributed by atoms with Crippen molar-refractivity contribution in [1.29, 1.82) is 0 Å². The first kappa shape index (κ1) is 17.0. The summed E-state index contributed by atoms with van der Waals surface area (Å²) in [6.45, 7) is 0.370. The minimum absolute atomic E-state index is 0.111. The van der Waals surface area contributed by atoms with E-state index in [0.29, 0.717) is 6.54 Å². The molecule has 0 radical (unpaired) electrons. The number of rotatable bonds is 5. The zero-order valence-corrected chi connectivity index (χ0v) is 14.0. The van der Waals surface area contributed by atoms with Crippen LogP contribution >= 0.6 is 0 Å². The van der Waals surface area contributed by atoms with E-state index < -0.39 is 5.97 Å². The first-order chi connectivity index (χ1) is 12.1. The quantitative estimate of drug-likeness (QED) is 0.864. The number of para-hydroxylation sites is 1. The van der Waals surface area contributed by atoms with Crippen molar-refractivity contribution in [2.75, 3.05) is 4.90 Å². The molecule has 2 amide bonds. The van der Waals surface area contributed by atoms with Crippen LogP contribution in [0, 0.1) is 0 Å². The number of urea groups is 1. The van der Waals surface area contributed by atoms with Crippen molar-refractivity contribution < 1.29 is 14.7 Å². The van der Waals surface area contributed by atoms with E-state index in [4.69, 9.17) is 5.11 Å². The molecule has 2 N–H and O–H groups in total. The Balaban J connectivity index is 1.69. The maximum absolute atomic E-state index is 12.8. The molecule has 1 fully saturated rings. The molecule has 5 heteroatoms. The SMILES string of the molecule is O=C(O)c1ccc(CNC(=O)N(c2ccccc2)C2CCCC2)cc1. The van der Waals surface area contributed by atoms with Crippen molar-refractivity contribution in [2.24, 2.45) is 0 Å². The van der Waals surface area contributed by atoms with Gasteiger partial charge in [0, 0.05) is 18.3 Å². The second-order valence-electron chi connectivity index (χ2n) is 6.30. The van der Waals surface area contributed by atoms with Gasteiger partial charge in [0.1, 0.15) is 0 Å². The predicted octanol–water partition coefficient (Wildman–Crippen LogP) is 4.04. The molecular formula is C20H22N2O3. The van der Waals surface area contributed by atoms with Gasteiger partial charge < -0.3 is 10.4 Å². The highest BCUT2D eigenvalue weighted by molar-refractivity contribution is 5.92. The Labute approximate surface area is 147 Å². The fourth-order valence-corrected chi connectivity index (χ4v) is 3.27. The summed E-state index contributed by atoms with van der Waals surface area (Å²) in [5, 5.41) is 11.9. The first-order valence-electron chi connectivity index (χ1n) is 8.59. The minimum atomic E-state index is -0.952. The average molecular weight is 338 g/mol. The molecule has 1 aliphatic rings. The van der Waals surface area contributed by atoms with E-state index >= 15 is 0 Å². The summed E-state index contributed by atoms with van der Waals surface area (Å²) in [4.78, 5) is 25.6. The Hall–Kier alpha value is -2.82. The highest BCUT2D eigenvalue weighted by Crippen LogP contribution is 2.28. The van der Waals surface area contributed by atoms with Crippen LogP contribution in [0.25, 0.3) is 0 Å². The second kappa shape index (κ2) is 7.83. The van der Waals surface area contributed by atoms with Gasteiger partial charge in [0.05, 0.1) is 5.56 Å². The molecule has 2 aromatic carbocycles. The van der Waals surface area contributed by atoms with Gasteiger partial charge in [-0.3, -0.25) is 4.90 Å². The molecule has 0 bridgehead atoms. The zero-order valence-electron chi connectivity index (χ0n) is 14.0. The van der Waals surface area contributed by atoms with Gasteiger partial charge in [-0.05, 0) is 42.7 Å². The molecule has 1 saturated carbocycles. The third-order valence-electron chi connectivity index (χ3n) is 4.59. The predicted molar refractivity (Wildman–Crippen MR) is 96.8 cm³/mol. The Morgan fingerprint density at radius 1 is 1.00 bits per heavy atom. The van der Waals surface area contributed by atoms with Gasteiger partial charge in [-0.2, -0.15) is 0 Å². The maximum atomic E-state index is 12.8. The van der Waals surface area contributed by atoms with Crippen molar-refractivity contribution in [3.63, 3.8) is 0 Å². The Kier molecular flexibility index (Phi) is 5.33. The lowest BCUT2D eigenvalue weighted by atomic mass is 10.1. The first-order valence-corrected chi connectivity index (χ1v) is 8.59. The van der Waals surface area contributed by atoms with Crippen LogP contribution in [0.3, 0.4) is 0 Å². The molecule has 0 spiro atoms. The molecule has 25 heavy (non-hydrogen) atoms. The van der Waals surface area contributed by atoms with E-state index in [1.807, 2.05) is 35.2 Å². The van der Waals surface area contributed by atoms with Crippen LogP contribution in [0.5, 0.6) is 0 Å². The molecular weight excluding hydrogens is 316 g/mol. The van der Waals surface area contributed by atoms with Crippen LogP contribution in [0.2, 0.25) is 0 Å². The molecule has 0 unspecified atom stereocenters. The monoisotopic (exact) mass is 338 g/mol. The second-order valence-corrected chi connectivity index (χ2v) is 6.30. The minimum Gasteiger partial charge on any atom is -0.478 e. The van der Waals surface area contributed by atoms with Crippen LogP contribution in [0.15, 0.2) is 54.6 Å². The maximum Gasteiger partial charge on any atom is 0.335 e. The van der Waals surface area contributed by atoms with Crippen molar-refractivity contribution in [3.05, 3.63) is 65.7 Å².